The van der Waals surface area contributed by atoms with E-state index in [9.17, 15) is 0 Å². The molecule has 0 unspecified atom stereocenters. The highest BCUT2D eigenvalue weighted by atomic mass is 16.5. The topological polar surface area (TPSA) is 33.7 Å². The molecule has 2 rings (SSSR count). The van der Waals surface area contributed by atoms with E-state index >= 15 is 0 Å². The van der Waals surface area contributed by atoms with Crippen LogP contribution < -0.4 is 14.8 Å². The van der Waals surface area contributed by atoms with E-state index in [-0.39, 0.29) is 0 Å². The fraction of sp³-hybridized carbons (Fsp3) is 0.647. The summed E-state index contributed by atoms with van der Waals surface area (Å²) in [5.41, 5.74) is 0. The minimum atomic E-state index is 0.698. The smallest absolute Gasteiger partial charge is 0.119 e. The molecular weight excluding hydrogens is 264 g/mol. The Morgan fingerprint density at radius 2 is 1.71 bits per heavy atom. The van der Waals surface area contributed by atoms with Crippen molar-refractivity contribution >= 4 is 0 Å². The lowest BCUT2D eigenvalue weighted by Crippen LogP contribution is -2.38. The van der Waals surface area contributed by atoms with Gasteiger partial charge in [0.1, 0.15) is 18.1 Å². The molecule has 1 aromatic rings. The van der Waals surface area contributed by atoms with Crippen molar-refractivity contribution in [2.45, 2.75) is 19.8 Å². The number of rotatable bonds is 8. The summed E-state index contributed by atoms with van der Waals surface area (Å²) in [6.07, 6.45) is 2.59. The Labute approximate surface area is 128 Å². The second-order valence-electron chi connectivity index (χ2n) is 5.60. The second kappa shape index (κ2) is 8.90. The molecule has 1 heterocycles. The summed E-state index contributed by atoms with van der Waals surface area (Å²) in [5, 5.41) is 3.28. The summed E-state index contributed by atoms with van der Waals surface area (Å²) in [7, 11) is 2.04. The lowest BCUT2D eigenvalue weighted by atomic mass is 9.97. The molecule has 0 spiro atoms. The van der Waals surface area contributed by atoms with Gasteiger partial charge in [-0.3, -0.25) is 4.90 Å². The molecule has 118 valence electrons. The number of hydrogen-bond donors (Lipinski definition) is 1. The SMILES string of the molecule is CCOc1ccc(OCCN2CCC(CNC)CC2)cc1. The quantitative estimate of drug-likeness (QED) is 0.798. The number of likely N-dealkylation sites (tertiary alicyclic amines) is 1. The van der Waals surface area contributed by atoms with Crippen LogP contribution in [-0.2, 0) is 0 Å². The number of hydrogen-bond acceptors (Lipinski definition) is 4. The first-order valence-corrected chi connectivity index (χ1v) is 8.04. The van der Waals surface area contributed by atoms with Crippen LogP contribution in [-0.4, -0.2) is 51.3 Å². The summed E-state index contributed by atoms with van der Waals surface area (Å²) in [6.45, 7) is 7.99. The molecule has 21 heavy (non-hydrogen) atoms. The largest absolute Gasteiger partial charge is 0.494 e. The maximum atomic E-state index is 5.81. The third kappa shape index (κ3) is 5.56. The number of ether oxygens (including phenoxy) is 2. The van der Waals surface area contributed by atoms with E-state index in [1.165, 1.54) is 25.9 Å². The van der Waals surface area contributed by atoms with E-state index in [0.717, 1.165) is 37.1 Å². The Kier molecular flexibility index (Phi) is 6.83. The molecule has 4 nitrogen and oxygen atoms in total. The van der Waals surface area contributed by atoms with Crippen molar-refractivity contribution in [1.29, 1.82) is 0 Å². The van der Waals surface area contributed by atoms with Crippen LogP contribution in [0.2, 0.25) is 0 Å². The van der Waals surface area contributed by atoms with Gasteiger partial charge in [0.05, 0.1) is 6.61 Å². The fourth-order valence-corrected chi connectivity index (χ4v) is 2.79. The average molecular weight is 292 g/mol. The van der Waals surface area contributed by atoms with Crippen LogP contribution in [0.3, 0.4) is 0 Å². The molecule has 1 saturated heterocycles. The molecule has 0 bridgehead atoms. The number of nitrogens with one attached hydrogen (secondary N) is 1. The molecule has 1 aromatic carbocycles. The van der Waals surface area contributed by atoms with E-state index in [1.807, 2.05) is 38.2 Å². The van der Waals surface area contributed by atoms with E-state index in [0.29, 0.717) is 6.61 Å². The predicted molar refractivity (Wildman–Crippen MR) is 86.2 cm³/mol. The van der Waals surface area contributed by atoms with Gasteiger partial charge in [-0.2, -0.15) is 0 Å². The van der Waals surface area contributed by atoms with Gasteiger partial charge in [0.25, 0.3) is 0 Å². The lowest BCUT2D eigenvalue weighted by molar-refractivity contribution is 0.154. The average Bonchev–Trinajstić information content (AvgIpc) is 2.51. The zero-order valence-corrected chi connectivity index (χ0v) is 13.3. The number of piperidine rings is 1. The van der Waals surface area contributed by atoms with Crippen molar-refractivity contribution in [2.75, 3.05) is 46.4 Å². The van der Waals surface area contributed by atoms with Crippen molar-refractivity contribution in [1.82, 2.24) is 10.2 Å². The third-order valence-corrected chi connectivity index (χ3v) is 4.01. The first-order valence-electron chi connectivity index (χ1n) is 8.04. The Morgan fingerprint density at radius 3 is 2.29 bits per heavy atom. The van der Waals surface area contributed by atoms with Crippen molar-refractivity contribution in [2.24, 2.45) is 5.92 Å². The van der Waals surface area contributed by atoms with E-state index < -0.39 is 0 Å². The predicted octanol–water partition coefficient (Wildman–Crippen LogP) is 2.40. The summed E-state index contributed by atoms with van der Waals surface area (Å²) >= 11 is 0. The second-order valence-corrected chi connectivity index (χ2v) is 5.60. The standard InChI is InChI=1S/C17H28N2O2/c1-3-20-16-4-6-17(7-5-16)21-13-12-19-10-8-15(9-11-19)14-18-2/h4-7,15,18H,3,8-14H2,1-2H3. The molecule has 1 N–H and O–H groups in total. The van der Waals surface area contributed by atoms with Crippen molar-refractivity contribution in [3.63, 3.8) is 0 Å². The Bertz CT molecular complexity index is 386. The lowest BCUT2D eigenvalue weighted by Gasteiger charge is -2.31. The molecule has 0 radical (unpaired) electrons. The van der Waals surface area contributed by atoms with Gasteiger partial charge in [0, 0.05) is 6.54 Å². The summed E-state index contributed by atoms with van der Waals surface area (Å²) < 4.78 is 11.2. The van der Waals surface area contributed by atoms with Crippen LogP contribution in [0.1, 0.15) is 19.8 Å². The molecule has 0 aliphatic carbocycles. The Balaban J connectivity index is 1.63. The van der Waals surface area contributed by atoms with Gasteiger partial charge in [-0.25, -0.2) is 0 Å². The van der Waals surface area contributed by atoms with Gasteiger partial charge in [0.15, 0.2) is 0 Å². The molecule has 0 aromatic heterocycles. The number of nitrogens with zero attached hydrogens (tertiary/aromatic N) is 1. The van der Waals surface area contributed by atoms with Crippen molar-refractivity contribution < 1.29 is 9.47 Å². The normalized spacial score (nSPS) is 16.9. The maximum Gasteiger partial charge on any atom is 0.119 e. The highest BCUT2D eigenvalue weighted by Gasteiger charge is 2.18. The van der Waals surface area contributed by atoms with Crippen LogP contribution in [0.15, 0.2) is 24.3 Å². The van der Waals surface area contributed by atoms with Crippen LogP contribution in [0.25, 0.3) is 0 Å². The summed E-state index contributed by atoms with van der Waals surface area (Å²) in [5.74, 6) is 2.67. The Hall–Kier alpha value is -1.26. The van der Waals surface area contributed by atoms with Gasteiger partial charge in [-0.05, 0) is 76.6 Å². The van der Waals surface area contributed by atoms with Gasteiger partial charge < -0.3 is 14.8 Å². The molecule has 1 aliphatic rings. The fourth-order valence-electron chi connectivity index (χ4n) is 2.79. The molecule has 1 aliphatic heterocycles. The van der Waals surface area contributed by atoms with Crippen LogP contribution in [0.4, 0.5) is 0 Å². The zero-order chi connectivity index (χ0) is 14.9. The third-order valence-electron chi connectivity index (χ3n) is 4.01. The molecular formula is C17H28N2O2. The Morgan fingerprint density at radius 1 is 1.10 bits per heavy atom. The monoisotopic (exact) mass is 292 g/mol. The van der Waals surface area contributed by atoms with Gasteiger partial charge >= 0.3 is 0 Å². The van der Waals surface area contributed by atoms with Crippen molar-refractivity contribution in [3.05, 3.63) is 24.3 Å². The van der Waals surface area contributed by atoms with Crippen molar-refractivity contribution in [3.8, 4) is 11.5 Å². The molecule has 0 saturated carbocycles. The maximum absolute atomic E-state index is 5.81. The van der Waals surface area contributed by atoms with Gasteiger partial charge in [-0.15, -0.1) is 0 Å². The molecule has 4 heteroatoms. The first kappa shape index (κ1) is 16.1. The minimum absolute atomic E-state index is 0.698. The highest BCUT2D eigenvalue weighted by molar-refractivity contribution is 5.31. The van der Waals surface area contributed by atoms with E-state index in [4.69, 9.17) is 9.47 Å². The minimum Gasteiger partial charge on any atom is -0.494 e. The number of benzene rings is 1. The molecule has 0 atom stereocenters. The molecule has 0 amide bonds. The van der Waals surface area contributed by atoms with E-state index in [1.54, 1.807) is 0 Å². The summed E-state index contributed by atoms with van der Waals surface area (Å²) in [4.78, 5) is 2.50. The van der Waals surface area contributed by atoms with Crippen LogP contribution >= 0.6 is 0 Å². The van der Waals surface area contributed by atoms with Crippen LogP contribution in [0.5, 0.6) is 11.5 Å². The van der Waals surface area contributed by atoms with Crippen LogP contribution in [0, 0.1) is 5.92 Å². The summed E-state index contributed by atoms with van der Waals surface area (Å²) in [6, 6.07) is 7.87. The zero-order valence-electron chi connectivity index (χ0n) is 13.3. The van der Waals surface area contributed by atoms with E-state index in [2.05, 4.69) is 10.2 Å². The molecule has 1 fully saturated rings. The highest BCUT2D eigenvalue weighted by Crippen LogP contribution is 2.18. The van der Waals surface area contributed by atoms with Gasteiger partial charge in [-0.1, -0.05) is 0 Å². The van der Waals surface area contributed by atoms with Gasteiger partial charge in [0.2, 0.25) is 0 Å². The first-order chi connectivity index (χ1) is 10.3.